The van der Waals surface area contributed by atoms with Crippen LogP contribution < -0.4 is 16.4 Å². The molecule has 3 aliphatic rings. The van der Waals surface area contributed by atoms with Crippen molar-refractivity contribution in [3.63, 3.8) is 0 Å². The lowest BCUT2D eigenvalue weighted by Gasteiger charge is -2.48. The number of hydrogen-bond acceptors (Lipinski definition) is 16. The zero-order chi connectivity index (χ0) is 34.1. The van der Waals surface area contributed by atoms with Gasteiger partial charge in [-0.05, 0) is 0 Å². The van der Waals surface area contributed by atoms with E-state index in [4.69, 9.17) is 42.3 Å². The Morgan fingerprint density at radius 1 is 0.717 bits per heavy atom. The number of carbonyl (C=O) groups excluding carboxylic acids is 2. The summed E-state index contributed by atoms with van der Waals surface area (Å²) >= 11 is 0. The second-order valence-corrected chi connectivity index (χ2v) is 11.1. The van der Waals surface area contributed by atoms with Gasteiger partial charge in [-0.15, -0.1) is 24.7 Å². The summed E-state index contributed by atoms with van der Waals surface area (Å²) < 4.78 is 28.3. The molecular weight excluding hydrogens is 618 g/mol. The molecule has 46 heavy (non-hydrogen) atoms. The van der Waals surface area contributed by atoms with E-state index >= 15 is 0 Å². The third-order valence-corrected chi connectivity index (χ3v) is 7.87. The molecule has 18 nitrogen and oxygen atoms in total. The van der Waals surface area contributed by atoms with Crippen molar-refractivity contribution in [2.45, 2.75) is 118 Å². The monoisotopic (exact) mass is 661 g/mol. The van der Waals surface area contributed by atoms with E-state index in [0.29, 0.717) is 0 Å². The lowest BCUT2D eigenvalue weighted by atomic mass is 9.94. The number of nitrogens with two attached hydrogens (primary N) is 1. The zero-order valence-corrected chi connectivity index (χ0v) is 24.8. The smallest absolute Gasteiger partial charge is 0.221 e. The first-order chi connectivity index (χ1) is 21.9. The highest BCUT2D eigenvalue weighted by atomic mass is 16.7. The van der Waals surface area contributed by atoms with Gasteiger partial charge in [0.25, 0.3) is 0 Å². The van der Waals surface area contributed by atoms with E-state index < -0.39 is 124 Å². The molecule has 0 aromatic heterocycles. The van der Waals surface area contributed by atoms with E-state index in [1.54, 1.807) is 0 Å². The van der Waals surface area contributed by atoms with Crippen LogP contribution >= 0.6 is 0 Å². The van der Waals surface area contributed by atoms with Gasteiger partial charge in [-0.1, -0.05) is 0 Å². The molecule has 3 rings (SSSR count). The van der Waals surface area contributed by atoms with E-state index in [0.717, 1.165) is 0 Å². The Hall–Kier alpha value is -2.50. The summed E-state index contributed by atoms with van der Waals surface area (Å²) in [5.41, 5.74) is 5.60. The van der Waals surface area contributed by atoms with Crippen molar-refractivity contribution >= 4 is 11.8 Å². The SMILES string of the molecule is C#CCCC(=O)NC1[C@H](O[C@H]2C(CO)OC(OCC3O[C@@H](O)C(N)[C@@H](O)[C@@H]3O)[C@H](NC(=O)CCC#C)C2O)OC(CO)[C@@H](O)[C@@H]1O. The van der Waals surface area contributed by atoms with Crippen LogP contribution in [0, 0.1) is 24.7 Å². The normalized spacial score (nSPS) is 41.2. The van der Waals surface area contributed by atoms with Gasteiger partial charge in [-0.2, -0.15) is 0 Å². The zero-order valence-electron chi connectivity index (χ0n) is 24.8. The molecule has 12 N–H and O–H groups in total. The lowest BCUT2D eigenvalue weighted by molar-refractivity contribution is -0.337. The van der Waals surface area contributed by atoms with Crippen LogP contribution in [0.25, 0.3) is 0 Å². The van der Waals surface area contributed by atoms with E-state index in [9.17, 15) is 50.4 Å². The summed E-state index contributed by atoms with van der Waals surface area (Å²) in [5.74, 6) is 3.31. The Bertz CT molecular complexity index is 1090. The van der Waals surface area contributed by atoms with Gasteiger partial charge < -0.3 is 80.9 Å². The maximum absolute atomic E-state index is 12.7. The summed E-state index contributed by atoms with van der Waals surface area (Å²) in [7, 11) is 0. The van der Waals surface area contributed by atoms with Gasteiger partial charge in [-0.3, -0.25) is 9.59 Å². The number of nitrogens with one attached hydrogen (secondary N) is 2. The Labute approximate surface area is 264 Å². The van der Waals surface area contributed by atoms with Crippen LogP contribution in [0.2, 0.25) is 0 Å². The van der Waals surface area contributed by atoms with E-state index in [-0.39, 0.29) is 25.7 Å². The average Bonchev–Trinajstić information content (AvgIpc) is 3.04. The van der Waals surface area contributed by atoms with Crippen molar-refractivity contribution in [3.8, 4) is 24.7 Å². The number of amides is 2. The van der Waals surface area contributed by atoms with Crippen molar-refractivity contribution in [1.82, 2.24) is 10.6 Å². The Kier molecular flexibility index (Phi) is 14.5. The van der Waals surface area contributed by atoms with Gasteiger partial charge >= 0.3 is 0 Å². The lowest BCUT2D eigenvalue weighted by Crippen LogP contribution is -2.69. The molecule has 7 unspecified atom stereocenters. The summed E-state index contributed by atoms with van der Waals surface area (Å²) in [6, 6.07) is -4.22. The fraction of sp³-hybridized carbons (Fsp3) is 0.786. The largest absolute Gasteiger partial charge is 0.394 e. The van der Waals surface area contributed by atoms with Crippen LogP contribution in [-0.2, 0) is 33.3 Å². The summed E-state index contributed by atoms with van der Waals surface area (Å²) in [5, 5.41) is 88.0. The highest BCUT2D eigenvalue weighted by molar-refractivity contribution is 5.77. The number of terminal acetylenes is 2. The highest BCUT2D eigenvalue weighted by Gasteiger charge is 2.52. The van der Waals surface area contributed by atoms with Crippen LogP contribution in [-0.4, -0.2) is 164 Å². The van der Waals surface area contributed by atoms with Crippen LogP contribution in [0.15, 0.2) is 0 Å². The van der Waals surface area contributed by atoms with Gasteiger partial charge in [0.1, 0.15) is 67.0 Å². The quantitative estimate of drug-likeness (QED) is 0.0818. The van der Waals surface area contributed by atoms with Gasteiger partial charge in [0, 0.05) is 25.7 Å². The maximum Gasteiger partial charge on any atom is 0.221 e. The predicted octanol–water partition coefficient (Wildman–Crippen LogP) is -6.53. The van der Waals surface area contributed by atoms with Crippen molar-refractivity contribution in [3.05, 3.63) is 0 Å². The first kappa shape index (κ1) is 38.0. The Balaban J connectivity index is 1.85. The van der Waals surface area contributed by atoms with Gasteiger partial charge in [0.2, 0.25) is 11.8 Å². The molecule has 260 valence electrons. The second-order valence-electron chi connectivity index (χ2n) is 11.1. The molecule has 0 aliphatic carbocycles. The standard InChI is InChI=1S/C28H43N3O15/c1-3-5-7-15(34)30-18-23(39)20(36)12(9-32)44-28(18)46-25-13(10-33)45-27(19(24(25)40)31-16(35)8-6-4-2)42-11-14-21(37)22(38)17(29)26(41)43-14/h1-2,12-14,17-28,32-33,36-41H,5-11,29H2,(H,30,34)(H,31,35)/t12?,13?,14?,17?,18?,19-,20-,21-,22-,23-,24?,25+,26-,27?,28+/m1/s1. The van der Waals surface area contributed by atoms with Crippen LogP contribution in [0.3, 0.4) is 0 Å². The molecule has 0 aromatic carbocycles. The molecule has 0 radical (unpaired) electrons. The minimum Gasteiger partial charge on any atom is -0.394 e. The summed E-state index contributed by atoms with van der Waals surface area (Å²) in [6.45, 7) is -2.13. The number of carbonyl (C=O) groups is 2. The average molecular weight is 662 g/mol. The van der Waals surface area contributed by atoms with E-state index in [2.05, 4.69) is 22.5 Å². The highest BCUT2D eigenvalue weighted by Crippen LogP contribution is 2.30. The van der Waals surface area contributed by atoms with Crippen molar-refractivity contribution in [2.75, 3.05) is 19.8 Å². The molecule has 15 atom stereocenters. The molecule has 3 aliphatic heterocycles. The van der Waals surface area contributed by atoms with E-state index in [1.807, 2.05) is 0 Å². The Morgan fingerprint density at radius 3 is 1.78 bits per heavy atom. The predicted molar refractivity (Wildman–Crippen MR) is 151 cm³/mol. The number of aliphatic hydroxyl groups is 8. The fourth-order valence-electron chi connectivity index (χ4n) is 5.22. The molecule has 0 saturated carbocycles. The molecule has 2 amide bonds. The molecule has 0 bridgehead atoms. The first-order valence-electron chi connectivity index (χ1n) is 14.6. The van der Waals surface area contributed by atoms with Gasteiger partial charge in [0.05, 0.1) is 25.9 Å². The number of rotatable bonds is 13. The topological polar surface area (TPSA) is 292 Å². The number of aliphatic hydroxyl groups excluding tert-OH is 8. The third kappa shape index (κ3) is 9.10. The van der Waals surface area contributed by atoms with Crippen molar-refractivity contribution in [1.29, 1.82) is 0 Å². The number of hydrogen-bond donors (Lipinski definition) is 11. The molecule has 3 heterocycles. The first-order valence-corrected chi connectivity index (χ1v) is 14.6. The summed E-state index contributed by atoms with van der Waals surface area (Å²) in [4.78, 5) is 25.1. The third-order valence-electron chi connectivity index (χ3n) is 7.87. The number of ether oxygens (including phenoxy) is 5. The van der Waals surface area contributed by atoms with E-state index in [1.165, 1.54) is 0 Å². The minimum atomic E-state index is -1.76. The van der Waals surface area contributed by atoms with Crippen LogP contribution in [0.5, 0.6) is 0 Å². The molecule has 18 heteroatoms. The van der Waals surface area contributed by atoms with Gasteiger partial charge in [0.15, 0.2) is 18.9 Å². The summed E-state index contributed by atoms with van der Waals surface area (Å²) in [6.07, 6.45) is -8.62. The van der Waals surface area contributed by atoms with Crippen molar-refractivity contribution < 1.29 is 74.1 Å². The second kappa shape index (κ2) is 17.6. The molecular formula is C28H43N3O15. The molecule has 3 saturated heterocycles. The van der Waals surface area contributed by atoms with Crippen molar-refractivity contribution in [2.24, 2.45) is 5.73 Å². The molecule has 3 fully saturated rings. The molecule has 0 spiro atoms. The van der Waals surface area contributed by atoms with Gasteiger partial charge in [-0.25, -0.2) is 0 Å². The Morgan fingerprint density at radius 2 is 1.24 bits per heavy atom. The maximum atomic E-state index is 12.7. The van der Waals surface area contributed by atoms with Crippen LogP contribution in [0.1, 0.15) is 25.7 Å². The minimum absolute atomic E-state index is 0.0398. The fourth-order valence-corrected chi connectivity index (χ4v) is 5.22. The van der Waals surface area contributed by atoms with Crippen LogP contribution in [0.4, 0.5) is 0 Å². The molecule has 0 aromatic rings.